The molecule has 5 heteroatoms. The van der Waals surface area contributed by atoms with Gasteiger partial charge in [0.05, 0.1) is 7.11 Å². The van der Waals surface area contributed by atoms with Crippen LogP contribution in [0.5, 0.6) is 5.88 Å². The second kappa shape index (κ2) is 4.77. The Morgan fingerprint density at radius 1 is 1.24 bits per heavy atom. The topological polar surface area (TPSA) is 59.1 Å². The van der Waals surface area contributed by atoms with Gasteiger partial charge in [0.1, 0.15) is 12.0 Å². The molecular formula is C12H20N4O. The van der Waals surface area contributed by atoms with Crippen molar-refractivity contribution in [3.63, 3.8) is 0 Å². The molecule has 5 nitrogen and oxygen atoms in total. The van der Waals surface area contributed by atoms with Crippen LogP contribution < -0.4 is 15.4 Å². The molecule has 1 aliphatic rings. The molecule has 0 radical (unpaired) electrons. The van der Waals surface area contributed by atoms with Gasteiger partial charge >= 0.3 is 0 Å². The highest BCUT2D eigenvalue weighted by molar-refractivity contribution is 5.70. The van der Waals surface area contributed by atoms with E-state index in [0.717, 1.165) is 37.4 Å². The van der Waals surface area contributed by atoms with Crippen LogP contribution in [0.15, 0.2) is 6.33 Å². The van der Waals surface area contributed by atoms with E-state index in [1.54, 1.807) is 7.11 Å². The largest absolute Gasteiger partial charge is 0.479 e. The van der Waals surface area contributed by atoms with Gasteiger partial charge in [0.25, 0.3) is 0 Å². The fourth-order valence-electron chi connectivity index (χ4n) is 2.18. The third-order valence-corrected chi connectivity index (χ3v) is 3.78. The van der Waals surface area contributed by atoms with Gasteiger partial charge < -0.3 is 15.4 Å². The van der Waals surface area contributed by atoms with Crippen molar-refractivity contribution in [2.75, 3.05) is 30.8 Å². The molecule has 0 saturated heterocycles. The highest BCUT2D eigenvalue weighted by Crippen LogP contribution is 2.36. The molecule has 17 heavy (non-hydrogen) atoms. The van der Waals surface area contributed by atoms with Crippen LogP contribution in [0, 0.1) is 5.41 Å². The Hall–Kier alpha value is -1.52. The predicted molar refractivity (Wildman–Crippen MR) is 68.6 cm³/mol. The number of hydrogen-bond acceptors (Lipinski definition) is 5. The van der Waals surface area contributed by atoms with E-state index in [2.05, 4.69) is 34.4 Å². The van der Waals surface area contributed by atoms with E-state index in [0.29, 0.717) is 5.88 Å². The van der Waals surface area contributed by atoms with Crippen molar-refractivity contribution < 1.29 is 4.74 Å². The standard InChI is InChI=1S/C12H20N4O/c1-4-12(5-2)6-13-9-10(14-7-12)15-8-16-11(9)17-3/h8,13H,4-7H2,1-3H3,(H,14,15,16). The summed E-state index contributed by atoms with van der Waals surface area (Å²) in [5, 5.41) is 6.82. The first-order valence-corrected chi connectivity index (χ1v) is 6.11. The number of fused-ring (bicyclic) bond motifs is 1. The highest BCUT2D eigenvalue weighted by Gasteiger charge is 2.30. The van der Waals surface area contributed by atoms with E-state index in [1.165, 1.54) is 6.33 Å². The summed E-state index contributed by atoms with van der Waals surface area (Å²) >= 11 is 0. The Kier molecular flexibility index (Phi) is 3.36. The summed E-state index contributed by atoms with van der Waals surface area (Å²) in [5.41, 5.74) is 1.14. The fraction of sp³-hybridized carbons (Fsp3) is 0.667. The summed E-state index contributed by atoms with van der Waals surface area (Å²) in [5.74, 6) is 1.44. The van der Waals surface area contributed by atoms with Crippen molar-refractivity contribution in [1.82, 2.24) is 9.97 Å². The van der Waals surface area contributed by atoms with Gasteiger partial charge in [-0.15, -0.1) is 0 Å². The zero-order valence-corrected chi connectivity index (χ0v) is 10.7. The van der Waals surface area contributed by atoms with E-state index in [-0.39, 0.29) is 5.41 Å². The van der Waals surface area contributed by atoms with Crippen LogP contribution in [-0.4, -0.2) is 30.2 Å². The van der Waals surface area contributed by atoms with Gasteiger partial charge in [0, 0.05) is 18.5 Å². The van der Waals surface area contributed by atoms with Gasteiger partial charge in [-0.1, -0.05) is 13.8 Å². The number of hydrogen-bond donors (Lipinski definition) is 2. The lowest BCUT2D eigenvalue weighted by Gasteiger charge is -2.29. The molecule has 2 heterocycles. The molecule has 94 valence electrons. The van der Waals surface area contributed by atoms with Crippen LogP contribution in [-0.2, 0) is 0 Å². The molecule has 0 bridgehead atoms. The number of nitrogens with zero attached hydrogens (tertiary/aromatic N) is 2. The lowest BCUT2D eigenvalue weighted by atomic mass is 9.82. The van der Waals surface area contributed by atoms with Crippen LogP contribution in [0.3, 0.4) is 0 Å². The lowest BCUT2D eigenvalue weighted by Crippen LogP contribution is -2.33. The minimum atomic E-state index is 0.270. The number of ether oxygens (including phenoxy) is 1. The Balaban J connectivity index is 2.29. The molecule has 0 aliphatic carbocycles. The molecule has 1 aromatic rings. The van der Waals surface area contributed by atoms with Gasteiger partial charge in [-0.2, -0.15) is 4.98 Å². The van der Waals surface area contributed by atoms with Crippen LogP contribution in [0.25, 0.3) is 0 Å². The normalized spacial score (nSPS) is 17.4. The van der Waals surface area contributed by atoms with Gasteiger partial charge in [-0.3, -0.25) is 0 Å². The molecule has 0 spiro atoms. The SMILES string of the molecule is CCC1(CC)CNc2ncnc(OC)c2NC1. The Morgan fingerprint density at radius 2 is 1.94 bits per heavy atom. The summed E-state index contributed by atoms with van der Waals surface area (Å²) in [6.07, 6.45) is 3.79. The van der Waals surface area contributed by atoms with Crippen molar-refractivity contribution in [2.24, 2.45) is 5.41 Å². The number of anilines is 2. The Morgan fingerprint density at radius 3 is 2.59 bits per heavy atom. The zero-order valence-electron chi connectivity index (χ0n) is 10.7. The summed E-state index contributed by atoms with van der Waals surface area (Å²) in [6, 6.07) is 0. The number of rotatable bonds is 3. The Labute approximate surface area is 102 Å². The summed E-state index contributed by atoms with van der Waals surface area (Å²) < 4.78 is 5.25. The molecular weight excluding hydrogens is 216 g/mol. The predicted octanol–water partition coefficient (Wildman–Crippen LogP) is 2.13. The van der Waals surface area contributed by atoms with Crippen molar-refractivity contribution >= 4 is 11.5 Å². The molecule has 0 amide bonds. The lowest BCUT2D eigenvalue weighted by molar-refractivity contribution is 0.306. The maximum absolute atomic E-state index is 5.25. The van der Waals surface area contributed by atoms with Crippen LogP contribution in [0.1, 0.15) is 26.7 Å². The number of methoxy groups -OCH3 is 1. The average Bonchev–Trinajstić information content (AvgIpc) is 2.58. The van der Waals surface area contributed by atoms with E-state index in [1.807, 2.05) is 0 Å². The molecule has 0 atom stereocenters. The van der Waals surface area contributed by atoms with Gasteiger partial charge in [0.15, 0.2) is 5.82 Å². The third kappa shape index (κ3) is 2.14. The first-order chi connectivity index (χ1) is 8.24. The van der Waals surface area contributed by atoms with Crippen molar-refractivity contribution in [3.8, 4) is 5.88 Å². The first-order valence-electron chi connectivity index (χ1n) is 6.11. The van der Waals surface area contributed by atoms with Crippen molar-refractivity contribution in [3.05, 3.63) is 6.33 Å². The minimum absolute atomic E-state index is 0.270. The monoisotopic (exact) mass is 236 g/mol. The molecule has 2 N–H and O–H groups in total. The van der Waals surface area contributed by atoms with E-state index in [4.69, 9.17) is 4.74 Å². The van der Waals surface area contributed by atoms with Crippen LogP contribution >= 0.6 is 0 Å². The number of nitrogens with one attached hydrogen (secondary N) is 2. The van der Waals surface area contributed by atoms with Crippen molar-refractivity contribution in [1.29, 1.82) is 0 Å². The average molecular weight is 236 g/mol. The molecule has 2 rings (SSSR count). The summed E-state index contributed by atoms with van der Waals surface area (Å²) in [6.45, 7) is 6.31. The quantitative estimate of drug-likeness (QED) is 0.842. The highest BCUT2D eigenvalue weighted by atomic mass is 16.5. The molecule has 0 fully saturated rings. The molecule has 0 aromatic carbocycles. The first kappa shape index (κ1) is 12.0. The van der Waals surface area contributed by atoms with Crippen LogP contribution in [0.4, 0.5) is 11.5 Å². The fourth-order valence-corrected chi connectivity index (χ4v) is 2.18. The van der Waals surface area contributed by atoms with E-state index in [9.17, 15) is 0 Å². The third-order valence-electron chi connectivity index (χ3n) is 3.78. The van der Waals surface area contributed by atoms with Crippen LogP contribution in [0.2, 0.25) is 0 Å². The van der Waals surface area contributed by atoms with Crippen molar-refractivity contribution in [2.45, 2.75) is 26.7 Å². The number of aromatic nitrogens is 2. The van der Waals surface area contributed by atoms with Gasteiger partial charge in [-0.05, 0) is 12.8 Å². The zero-order chi connectivity index (χ0) is 12.3. The van der Waals surface area contributed by atoms with E-state index < -0.39 is 0 Å². The maximum atomic E-state index is 5.25. The Bertz CT molecular complexity index is 390. The van der Waals surface area contributed by atoms with E-state index >= 15 is 0 Å². The molecule has 0 unspecified atom stereocenters. The molecule has 0 saturated carbocycles. The molecule has 1 aromatic heterocycles. The smallest absolute Gasteiger partial charge is 0.242 e. The molecule has 1 aliphatic heterocycles. The van der Waals surface area contributed by atoms with Gasteiger partial charge in [0.2, 0.25) is 5.88 Å². The summed E-state index contributed by atoms with van der Waals surface area (Å²) in [4.78, 5) is 8.37. The summed E-state index contributed by atoms with van der Waals surface area (Å²) in [7, 11) is 1.63. The maximum Gasteiger partial charge on any atom is 0.242 e. The minimum Gasteiger partial charge on any atom is -0.479 e. The van der Waals surface area contributed by atoms with Gasteiger partial charge in [-0.25, -0.2) is 4.98 Å². The second-order valence-corrected chi connectivity index (χ2v) is 4.52. The second-order valence-electron chi connectivity index (χ2n) is 4.52.